The predicted molar refractivity (Wildman–Crippen MR) is 99.4 cm³/mol. The van der Waals surface area contributed by atoms with Gasteiger partial charge < -0.3 is 14.6 Å². The van der Waals surface area contributed by atoms with Crippen LogP contribution in [-0.4, -0.2) is 30.9 Å². The van der Waals surface area contributed by atoms with Gasteiger partial charge in [0.1, 0.15) is 5.75 Å². The highest BCUT2D eigenvalue weighted by molar-refractivity contribution is 9.10. The van der Waals surface area contributed by atoms with E-state index in [-0.39, 0.29) is 18.1 Å². The number of methoxy groups -OCH3 is 1. The lowest BCUT2D eigenvalue weighted by molar-refractivity contribution is -0.120. The molecule has 2 rings (SSSR count). The molecule has 0 unspecified atom stereocenters. The number of hydrogen-bond acceptors (Lipinski definition) is 5. The third-order valence-electron chi connectivity index (χ3n) is 3.24. The minimum absolute atomic E-state index is 0.164. The number of aromatic hydroxyl groups is 1. The minimum Gasteiger partial charge on any atom is -0.508 e. The molecule has 2 aromatic rings. The number of nitrogens with one attached hydrogen (secondary N) is 1. The van der Waals surface area contributed by atoms with Crippen molar-refractivity contribution in [2.75, 3.05) is 13.7 Å². The molecular weight excluding hydrogens is 388 g/mol. The van der Waals surface area contributed by atoms with Gasteiger partial charge in [0.2, 0.25) is 5.91 Å². The van der Waals surface area contributed by atoms with E-state index in [0.717, 1.165) is 15.6 Å². The van der Waals surface area contributed by atoms with Crippen LogP contribution in [0, 0.1) is 0 Å². The molecule has 25 heavy (non-hydrogen) atoms. The molecule has 0 fully saturated rings. The second kappa shape index (κ2) is 9.08. The van der Waals surface area contributed by atoms with E-state index in [2.05, 4.69) is 26.5 Å². The van der Waals surface area contributed by atoms with Crippen molar-refractivity contribution in [1.29, 1.82) is 0 Å². The summed E-state index contributed by atoms with van der Waals surface area (Å²) in [5, 5.41) is 13.2. The van der Waals surface area contributed by atoms with Gasteiger partial charge in [0, 0.05) is 0 Å². The van der Waals surface area contributed by atoms with Crippen LogP contribution in [0.3, 0.4) is 0 Å². The summed E-state index contributed by atoms with van der Waals surface area (Å²) in [5.74, 6) is 1.11. The number of hydrogen-bond donors (Lipinski definition) is 2. The van der Waals surface area contributed by atoms with Crippen LogP contribution in [0.4, 0.5) is 0 Å². The Labute approximate surface area is 154 Å². The molecule has 6 nitrogen and oxygen atoms in total. The van der Waals surface area contributed by atoms with Gasteiger partial charge in [0.15, 0.2) is 11.5 Å². The van der Waals surface area contributed by atoms with Gasteiger partial charge in [-0.05, 0) is 58.2 Å². The Morgan fingerprint density at radius 2 is 2.04 bits per heavy atom. The summed E-state index contributed by atoms with van der Waals surface area (Å²) in [6, 6.07) is 10.0. The number of amides is 1. The fourth-order valence-corrected chi connectivity index (χ4v) is 2.69. The van der Waals surface area contributed by atoms with Crippen molar-refractivity contribution in [2.45, 2.75) is 13.3 Å². The van der Waals surface area contributed by atoms with Gasteiger partial charge >= 0.3 is 0 Å². The number of phenolic OH excluding ortho intramolecular Hbond substituents is 1. The summed E-state index contributed by atoms with van der Waals surface area (Å²) >= 11 is 3.44. The van der Waals surface area contributed by atoms with E-state index >= 15 is 0 Å². The molecule has 0 saturated heterocycles. The number of phenols is 1. The lowest BCUT2D eigenvalue weighted by Gasteiger charge is -2.11. The van der Waals surface area contributed by atoms with Crippen LogP contribution >= 0.6 is 15.9 Å². The molecule has 7 heteroatoms. The van der Waals surface area contributed by atoms with E-state index < -0.39 is 0 Å². The Morgan fingerprint density at radius 1 is 1.32 bits per heavy atom. The molecule has 2 N–H and O–H groups in total. The lowest BCUT2D eigenvalue weighted by Crippen LogP contribution is -2.19. The second-order valence-electron chi connectivity index (χ2n) is 5.10. The van der Waals surface area contributed by atoms with Gasteiger partial charge in [-0.1, -0.05) is 12.1 Å². The van der Waals surface area contributed by atoms with Crippen LogP contribution in [0.5, 0.6) is 17.2 Å². The molecule has 2 aromatic carbocycles. The standard InChI is InChI=1S/C18H19BrN2O4/c1-3-25-18-15(19)8-13(9-16(18)24-2)11-20-21-17(23)10-12-4-6-14(22)7-5-12/h4-9,11,22H,3,10H2,1-2H3,(H,21,23)/b20-11-. The number of halogens is 1. The van der Waals surface area contributed by atoms with E-state index in [4.69, 9.17) is 9.47 Å². The number of ether oxygens (including phenoxy) is 2. The monoisotopic (exact) mass is 406 g/mol. The third kappa shape index (κ3) is 5.49. The van der Waals surface area contributed by atoms with Crippen LogP contribution in [0.1, 0.15) is 18.1 Å². The van der Waals surface area contributed by atoms with Crippen molar-refractivity contribution < 1.29 is 19.4 Å². The molecule has 132 valence electrons. The zero-order valence-corrected chi connectivity index (χ0v) is 15.5. The third-order valence-corrected chi connectivity index (χ3v) is 3.83. The number of rotatable bonds is 7. The molecule has 0 radical (unpaired) electrons. The summed E-state index contributed by atoms with van der Waals surface area (Å²) in [6.45, 7) is 2.42. The normalized spacial score (nSPS) is 10.7. The summed E-state index contributed by atoms with van der Waals surface area (Å²) < 4.78 is 11.6. The topological polar surface area (TPSA) is 80.2 Å². The number of carbonyl (C=O) groups excluding carboxylic acids is 1. The highest BCUT2D eigenvalue weighted by Gasteiger charge is 2.10. The van der Waals surface area contributed by atoms with Gasteiger partial charge in [0.25, 0.3) is 0 Å². The van der Waals surface area contributed by atoms with Crippen molar-refractivity contribution in [3.05, 3.63) is 52.0 Å². The molecule has 0 saturated carbocycles. The largest absolute Gasteiger partial charge is 0.508 e. The highest BCUT2D eigenvalue weighted by atomic mass is 79.9. The average molecular weight is 407 g/mol. The molecule has 0 spiro atoms. The molecule has 0 aliphatic carbocycles. The lowest BCUT2D eigenvalue weighted by atomic mass is 10.1. The van der Waals surface area contributed by atoms with Crippen molar-refractivity contribution in [2.24, 2.45) is 5.10 Å². The van der Waals surface area contributed by atoms with Crippen LogP contribution in [0.2, 0.25) is 0 Å². The Kier molecular flexibility index (Phi) is 6.82. The molecular formula is C18H19BrN2O4. The molecule has 1 amide bonds. The Hall–Kier alpha value is -2.54. The fraction of sp³-hybridized carbons (Fsp3) is 0.222. The summed E-state index contributed by atoms with van der Waals surface area (Å²) in [6.07, 6.45) is 1.70. The SMILES string of the molecule is CCOc1c(Br)cc(/C=N\NC(=O)Cc2ccc(O)cc2)cc1OC. The smallest absolute Gasteiger partial charge is 0.244 e. The first-order chi connectivity index (χ1) is 12.0. The number of benzene rings is 2. The van der Waals surface area contributed by atoms with Crippen LogP contribution < -0.4 is 14.9 Å². The van der Waals surface area contributed by atoms with Crippen molar-refractivity contribution in [3.63, 3.8) is 0 Å². The molecule has 0 aliphatic rings. The van der Waals surface area contributed by atoms with Crippen molar-refractivity contribution in [1.82, 2.24) is 5.43 Å². The van der Waals surface area contributed by atoms with E-state index in [1.807, 2.05) is 13.0 Å². The van der Waals surface area contributed by atoms with Gasteiger partial charge in [-0.25, -0.2) is 5.43 Å². The number of nitrogens with zero attached hydrogens (tertiary/aromatic N) is 1. The zero-order valence-electron chi connectivity index (χ0n) is 14.0. The average Bonchev–Trinajstić information content (AvgIpc) is 2.59. The zero-order chi connectivity index (χ0) is 18.2. The maximum absolute atomic E-state index is 11.9. The summed E-state index contributed by atoms with van der Waals surface area (Å²) in [4.78, 5) is 11.9. The second-order valence-corrected chi connectivity index (χ2v) is 5.96. The Morgan fingerprint density at radius 3 is 2.68 bits per heavy atom. The van der Waals surface area contributed by atoms with Gasteiger partial charge in [-0.2, -0.15) is 5.10 Å². The first-order valence-electron chi connectivity index (χ1n) is 7.63. The van der Waals surface area contributed by atoms with E-state index in [1.54, 1.807) is 25.3 Å². The molecule has 0 aliphatic heterocycles. The van der Waals surface area contributed by atoms with Gasteiger partial charge in [0.05, 0.1) is 30.8 Å². The number of carbonyl (C=O) groups is 1. The summed E-state index contributed by atoms with van der Waals surface area (Å²) in [7, 11) is 1.56. The maximum atomic E-state index is 11.9. The Balaban J connectivity index is 2.00. The van der Waals surface area contributed by atoms with E-state index in [0.29, 0.717) is 18.1 Å². The maximum Gasteiger partial charge on any atom is 0.244 e. The molecule has 0 atom stereocenters. The van der Waals surface area contributed by atoms with Gasteiger partial charge in [-0.15, -0.1) is 0 Å². The van der Waals surface area contributed by atoms with E-state index in [1.165, 1.54) is 18.3 Å². The first-order valence-corrected chi connectivity index (χ1v) is 8.43. The van der Waals surface area contributed by atoms with Crippen molar-refractivity contribution >= 4 is 28.1 Å². The fourth-order valence-electron chi connectivity index (χ4n) is 2.12. The molecule has 0 aromatic heterocycles. The van der Waals surface area contributed by atoms with Crippen LogP contribution in [0.15, 0.2) is 46.0 Å². The van der Waals surface area contributed by atoms with Crippen LogP contribution in [0.25, 0.3) is 0 Å². The highest BCUT2D eigenvalue weighted by Crippen LogP contribution is 2.36. The van der Waals surface area contributed by atoms with E-state index in [9.17, 15) is 9.90 Å². The van der Waals surface area contributed by atoms with Crippen LogP contribution in [-0.2, 0) is 11.2 Å². The molecule has 0 heterocycles. The first kappa shape index (κ1) is 18.8. The quantitative estimate of drug-likeness (QED) is 0.546. The number of hydrazone groups is 1. The predicted octanol–water partition coefficient (Wildman–Crippen LogP) is 3.25. The Bertz CT molecular complexity index is 760. The van der Waals surface area contributed by atoms with Crippen molar-refractivity contribution in [3.8, 4) is 17.2 Å². The van der Waals surface area contributed by atoms with Gasteiger partial charge in [-0.3, -0.25) is 4.79 Å². The molecule has 0 bridgehead atoms. The minimum atomic E-state index is -0.251. The summed E-state index contributed by atoms with van der Waals surface area (Å²) in [5.41, 5.74) is 4.01.